The zero-order chi connectivity index (χ0) is 19.4. The lowest BCUT2D eigenvalue weighted by atomic mass is 10.1. The van der Waals surface area contributed by atoms with E-state index in [-0.39, 0.29) is 11.5 Å². The molecule has 1 amide bonds. The molecule has 144 valence electrons. The van der Waals surface area contributed by atoms with Crippen LogP contribution in [0, 0.1) is 0 Å². The lowest BCUT2D eigenvalue weighted by Gasteiger charge is -2.34. The lowest BCUT2D eigenvalue weighted by molar-refractivity contribution is -0.137. The van der Waals surface area contributed by atoms with Crippen LogP contribution in [0.1, 0.15) is 21.5 Å². The first-order valence-corrected chi connectivity index (χ1v) is 9.14. The van der Waals surface area contributed by atoms with Gasteiger partial charge in [0.15, 0.2) is 0 Å². The van der Waals surface area contributed by atoms with E-state index in [1.807, 2.05) is 24.3 Å². The van der Waals surface area contributed by atoms with E-state index in [4.69, 9.17) is 11.6 Å². The van der Waals surface area contributed by atoms with Gasteiger partial charge in [-0.3, -0.25) is 9.69 Å². The van der Waals surface area contributed by atoms with Gasteiger partial charge in [0.05, 0.1) is 5.56 Å². The number of hydrogen-bond acceptors (Lipinski definition) is 2. The highest BCUT2D eigenvalue weighted by molar-refractivity contribution is 6.30. The fraction of sp³-hybridized carbons (Fsp3) is 0.350. The monoisotopic (exact) mass is 396 g/mol. The van der Waals surface area contributed by atoms with Gasteiger partial charge in [-0.1, -0.05) is 29.8 Å². The summed E-state index contributed by atoms with van der Waals surface area (Å²) in [5.41, 5.74) is 0.440. The van der Waals surface area contributed by atoms with E-state index in [9.17, 15) is 18.0 Å². The van der Waals surface area contributed by atoms with Gasteiger partial charge in [-0.05, 0) is 42.3 Å². The Morgan fingerprint density at radius 2 is 1.70 bits per heavy atom. The molecule has 7 heteroatoms. The third-order valence-corrected chi connectivity index (χ3v) is 4.94. The Labute approximate surface area is 161 Å². The minimum Gasteiger partial charge on any atom is -0.336 e. The van der Waals surface area contributed by atoms with Crippen molar-refractivity contribution in [2.45, 2.75) is 12.6 Å². The summed E-state index contributed by atoms with van der Waals surface area (Å²) >= 11 is 5.99. The molecule has 0 spiro atoms. The number of benzene rings is 2. The van der Waals surface area contributed by atoms with Crippen molar-refractivity contribution in [3.05, 3.63) is 70.2 Å². The predicted molar refractivity (Wildman–Crippen MR) is 98.9 cm³/mol. The molecule has 1 fully saturated rings. The Kier molecular flexibility index (Phi) is 6.07. The van der Waals surface area contributed by atoms with Crippen molar-refractivity contribution >= 4 is 17.5 Å². The number of alkyl halides is 3. The molecule has 1 aliphatic heterocycles. The summed E-state index contributed by atoms with van der Waals surface area (Å²) in [5, 5.41) is 0.712. The first kappa shape index (κ1) is 19.7. The summed E-state index contributed by atoms with van der Waals surface area (Å²) in [7, 11) is 0. The minimum absolute atomic E-state index is 0.0807. The number of rotatable bonds is 4. The molecule has 0 bridgehead atoms. The molecule has 2 aromatic carbocycles. The number of halogens is 4. The fourth-order valence-corrected chi connectivity index (χ4v) is 3.38. The number of nitrogens with zero attached hydrogens (tertiary/aromatic N) is 2. The van der Waals surface area contributed by atoms with Crippen molar-refractivity contribution in [1.29, 1.82) is 0 Å². The lowest BCUT2D eigenvalue weighted by Crippen LogP contribution is -2.49. The van der Waals surface area contributed by atoms with Gasteiger partial charge in [-0.2, -0.15) is 13.2 Å². The minimum atomic E-state index is -4.45. The van der Waals surface area contributed by atoms with E-state index >= 15 is 0 Å². The molecule has 0 unspecified atom stereocenters. The van der Waals surface area contributed by atoms with Crippen LogP contribution in [-0.4, -0.2) is 48.4 Å². The molecule has 0 saturated carbocycles. The van der Waals surface area contributed by atoms with Gasteiger partial charge in [-0.25, -0.2) is 0 Å². The average Bonchev–Trinajstić information content (AvgIpc) is 2.66. The molecule has 0 aromatic heterocycles. The van der Waals surface area contributed by atoms with Gasteiger partial charge in [0.25, 0.3) is 5.91 Å². The Bertz CT molecular complexity index is 802. The van der Waals surface area contributed by atoms with Gasteiger partial charge in [0.2, 0.25) is 0 Å². The summed E-state index contributed by atoms with van der Waals surface area (Å²) in [5.74, 6) is -0.351. The maximum Gasteiger partial charge on any atom is 0.416 e. The zero-order valence-electron chi connectivity index (χ0n) is 14.7. The Morgan fingerprint density at radius 3 is 2.37 bits per heavy atom. The quantitative estimate of drug-likeness (QED) is 0.766. The van der Waals surface area contributed by atoms with E-state index in [1.54, 1.807) is 4.90 Å². The van der Waals surface area contributed by atoms with Gasteiger partial charge in [0.1, 0.15) is 0 Å². The molecule has 0 atom stereocenters. The molecule has 1 aliphatic rings. The summed E-state index contributed by atoms with van der Waals surface area (Å²) in [6.45, 7) is 3.26. The standard InChI is InChI=1S/C20H20ClF3N2O/c21-18-6-1-3-15(13-18)7-8-25-9-11-26(12-10-25)19(27)16-4-2-5-17(14-16)20(22,23)24/h1-6,13-14H,7-12H2. The maximum atomic E-state index is 12.8. The van der Waals surface area contributed by atoms with E-state index in [2.05, 4.69) is 4.90 Å². The third kappa shape index (κ3) is 5.23. The highest BCUT2D eigenvalue weighted by Gasteiger charge is 2.31. The number of piperazine rings is 1. The van der Waals surface area contributed by atoms with Crippen LogP contribution < -0.4 is 0 Å². The van der Waals surface area contributed by atoms with Crippen molar-refractivity contribution in [1.82, 2.24) is 9.80 Å². The van der Waals surface area contributed by atoms with Crippen LogP contribution in [0.3, 0.4) is 0 Å². The fourth-order valence-electron chi connectivity index (χ4n) is 3.17. The highest BCUT2D eigenvalue weighted by atomic mass is 35.5. The van der Waals surface area contributed by atoms with Crippen molar-refractivity contribution in [3.8, 4) is 0 Å². The second-order valence-electron chi connectivity index (χ2n) is 6.59. The van der Waals surface area contributed by atoms with Crippen LogP contribution in [0.15, 0.2) is 48.5 Å². The van der Waals surface area contributed by atoms with Crippen LogP contribution in [0.2, 0.25) is 5.02 Å². The number of amides is 1. The average molecular weight is 397 g/mol. The molecular formula is C20H20ClF3N2O. The second-order valence-corrected chi connectivity index (χ2v) is 7.03. The Morgan fingerprint density at radius 1 is 1.00 bits per heavy atom. The summed E-state index contributed by atoms with van der Waals surface area (Å²) < 4.78 is 38.5. The van der Waals surface area contributed by atoms with Crippen LogP contribution in [-0.2, 0) is 12.6 Å². The van der Waals surface area contributed by atoms with Crippen molar-refractivity contribution in [3.63, 3.8) is 0 Å². The van der Waals surface area contributed by atoms with Gasteiger partial charge >= 0.3 is 6.18 Å². The van der Waals surface area contributed by atoms with E-state index in [1.165, 1.54) is 12.1 Å². The van der Waals surface area contributed by atoms with Gasteiger partial charge < -0.3 is 4.90 Å². The zero-order valence-corrected chi connectivity index (χ0v) is 15.4. The Balaban J connectivity index is 1.53. The number of carbonyl (C=O) groups excluding carboxylic acids is 1. The van der Waals surface area contributed by atoms with Gasteiger partial charge in [0, 0.05) is 43.3 Å². The van der Waals surface area contributed by atoms with Crippen LogP contribution in [0.4, 0.5) is 13.2 Å². The molecule has 1 heterocycles. The molecule has 0 N–H and O–H groups in total. The van der Waals surface area contributed by atoms with Crippen molar-refractivity contribution in [2.75, 3.05) is 32.7 Å². The van der Waals surface area contributed by atoms with Crippen LogP contribution >= 0.6 is 11.6 Å². The van der Waals surface area contributed by atoms with Crippen LogP contribution in [0.5, 0.6) is 0 Å². The molecule has 0 radical (unpaired) electrons. The summed E-state index contributed by atoms with van der Waals surface area (Å²) in [4.78, 5) is 16.4. The maximum absolute atomic E-state index is 12.8. The summed E-state index contributed by atoms with van der Waals surface area (Å²) in [6, 6.07) is 12.3. The van der Waals surface area contributed by atoms with Crippen molar-refractivity contribution in [2.24, 2.45) is 0 Å². The normalized spacial score (nSPS) is 15.8. The topological polar surface area (TPSA) is 23.6 Å². The predicted octanol–water partition coefficient (Wildman–Crippen LogP) is 4.36. The second kappa shape index (κ2) is 8.31. The molecule has 3 nitrogen and oxygen atoms in total. The molecule has 2 aromatic rings. The summed E-state index contributed by atoms with van der Waals surface area (Å²) in [6.07, 6.45) is -3.59. The Hall–Kier alpha value is -2.05. The number of carbonyl (C=O) groups is 1. The third-order valence-electron chi connectivity index (χ3n) is 4.70. The first-order chi connectivity index (χ1) is 12.8. The molecule has 27 heavy (non-hydrogen) atoms. The smallest absolute Gasteiger partial charge is 0.336 e. The highest BCUT2D eigenvalue weighted by Crippen LogP contribution is 2.29. The number of hydrogen-bond donors (Lipinski definition) is 0. The van der Waals surface area contributed by atoms with E-state index < -0.39 is 11.7 Å². The van der Waals surface area contributed by atoms with Crippen LogP contribution in [0.25, 0.3) is 0 Å². The first-order valence-electron chi connectivity index (χ1n) is 8.76. The largest absolute Gasteiger partial charge is 0.416 e. The SMILES string of the molecule is O=C(c1cccc(C(F)(F)F)c1)N1CCN(CCc2cccc(Cl)c2)CC1. The molecule has 3 rings (SSSR count). The van der Waals surface area contributed by atoms with Crippen molar-refractivity contribution < 1.29 is 18.0 Å². The molecular weight excluding hydrogens is 377 g/mol. The molecule has 1 saturated heterocycles. The molecule has 0 aliphatic carbocycles. The van der Waals surface area contributed by atoms with Gasteiger partial charge in [-0.15, -0.1) is 0 Å². The van der Waals surface area contributed by atoms with E-state index in [0.29, 0.717) is 31.2 Å². The van der Waals surface area contributed by atoms with E-state index in [0.717, 1.165) is 30.7 Å².